The van der Waals surface area contributed by atoms with Gasteiger partial charge in [-0.25, -0.2) is 9.97 Å². The first-order valence-electron chi connectivity index (χ1n) is 3.44. The number of aromatic nitrogens is 3. The highest BCUT2D eigenvalue weighted by Crippen LogP contribution is 2.16. The van der Waals surface area contributed by atoms with E-state index in [-0.39, 0.29) is 0 Å². The molecular weight excluding hydrogens is 176 g/mol. The fourth-order valence-electron chi connectivity index (χ4n) is 1.08. The van der Waals surface area contributed by atoms with E-state index in [1.165, 1.54) is 0 Å². The van der Waals surface area contributed by atoms with Gasteiger partial charge in [-0.2, -0.15) is 0 Å². The van der Waals surface area contributed by atoms with Gasteiger partial charge in [0.15, 0.2) is 10.8 Å². The standard InChI is InChI=1S/C7H7ClN4/c1-4-3-12-5(9)2-10-7(12)6(8)11-4/h2-3H,9H2,1H3. The Morgan fingerprint density at radius 3 is 3.08 bits per heavy atom. The van der Waals surface area contributed by atoms with E-state index >= 15 is 0 Å². The smallest absolute Gasteiger partial charge is 0.176 e. The van der Waals surface area contributed by atoms with Gasteiger partial charge in [-0.15, -0.1) is 0 Å². The van der Waals surface area contributed by atoms with Gasteiger partial charge in [-0.05, 0) is 6.92 Å². The molecule has 2 rings (SSSR count). The second kappa shape index (κ2) is 2.35. The lowest BCUT2D eigenvalue weighted by Crippen LogP contribution is -1.95. The zero-order valence-corrected chi connectivity index (χ0v) is 7.21. The summed E-state index contributed by atoms with van der Waals surface area (Å²) in [6.45, 7) is 1.85. The van der Waals surface area contributed by atoms with E-state index in [0.717, 1.165) is 5.69 Å². The number of nitrogens with zero attached hydrogens (tertiary/aromatic N) is 3. The predicted octanol–water partition coefficient (Wildman–Crippen LogP) is 1.27. The maximum atomic E-state index is 5.83. The number of halogens is 1. The molecule has 2 heterocycles. The Kier molecular flexibility index (Phi) is 1.44. The molecule has 0 spiro atoms. The first kappa shape index (κ1) is 7.36. The lowest BCUT2D eigenvalue weighted by atomic mass is 10.5. The van der Waals surface area contributed by atoms with Crippen molar-refractivity contribution in [3.8, 4) is 0 Å². The monoisotopic (exact) mass is 182 g/mol. The summed E-state index contributed by atoms with van der Waals surface area (Å²) in [5, 5.41) is 0.381. The first-order valence-corrected chi connectivity index (χ1v) is 3.82. The largest absolute Gasteiger partial charge is 0.383 e. The van der Waals surface area contributed by atoms with Gasteiger partial charge in [0.25, 0.3) is 0 Å². The molecule has 0 saturated carbocycles. The van der Waals surface area contributed by atoms with Gasteiger partial charge in [0.2, 0.25) is 0 Å². The molecule has 0 unspecified atom stereocenters. The summed E-state index contributed by atoms with van der Waals surface area (Å²) in [4.78, 5) is 8.04. The van der Waals surface area contributed by atoms with Crippen LogP contribution in [0.25, 0.3) is 5.65 Å². The number of imidazole rings is 1. The molecule has 0 atom stereocenters. The highest BCUT2D eigenvalue weighted by Gasteiger charge is 2.05. The van der Waals surface area contributed by atoms with Crippen molar-refractivity contribution in [1.82, 2.24) is 14.4 Å². The average molecular weight is 183 g/mol. The van der Waals surface area contributed by atoms with Crippen LogP contribution in [-0.4, -0.2) is 14.4 Å². The van der Waals surface area contributed by atoms with Crippen molar-refractivity contribution in [2.24, 2.45) is 0 Å². The molecule has 2 N–H and O–H groups in total. The van der Waals surface area contributed by atoms with Crippen molar-refractivity contribution in [2.45, 2.75) is 6.92 Å². The summed E-state index contributed by atoms with van der Waals surface area (Å²) in [5.41, 5.74) is 7.04. The molecule has 2 aromatic rings. The van der Waals surface area contributed by atoms with E-state index in [9.17, 15) is 0 Å². The van der Waals surface area contributed by atoms with Crippen LogP contribution in [0.3, 0.4) is 0 Å². The van der Waals surface area contributed by atoms with Gasteiger partial charge in [-0.3, -0.25) is 4.40 Å². The second-order valence-electron chi connectivity index (χ2n) is 2.55. The van der Waals surface area contributed by atoms with Crippen LogP contribution in [0.5, 0.6) is 0 Å². The van der Waals surface area contributed by atoms with Gasteiger partial charge in [0.1, 0.15) is 5.82 Å². The minimum atomic E-state index is 0.381. The Bertz CT molecular complexity index is 434. The number of hydrogen-bond acceptors (Lipinski definition) is 3. The molecule has 5 heteroatoms. The number of fused-ring (bicyclic) bond motifs is 1. The number of anilines is 1. The average Bonchev–Trinajstić information content (AvgIpc) is 2.33. The molecular formula is C7H7ClN4. The topological polar surface area (TPSA) is 56.2 Å². The minimum Gasteiger partial charge on any atom is -0.383 e. The molecule has 0 amide bonds. The van der Waals surface area contributed by atoms with Gasteiger partial charge in [-0.1, -0.05) is 11.6 Å². The van der Waals surface area contributed by atoms with Crippen LogP contribution in [0.15, 0.2) is 12.4 Å². The van der Waals surface area contributed by atoms with Crippen LogP contribution >= 0.6 is 11.6 Å². The zero-order valence-electron chi connectivity index (χ0n) is 6.45. The molecule has 0 aliphatic carbocycles. The van der Waals surface area contributed by atoms with Crippen LogP contribution in [-0.2, 0) is 0 Å². The maximum Gasteiger partial charge on any atom is 0.176 e. The summed E-state index contributed by atoms with van der Waals surface area (Å²) in [7, 11) is 0. The Balaban J connectivity index is 2.92. The Labute approximate surface area is 74.0 Å². The molecule has 2 aromatic heterocycles. The van der Waals surface area contributed by atoms with E-state index < -0.39 is 0 Å². The minimum absolute atomic E-state index is 0.381. The fourth-order valence-corrected chi connectivity index (χ4v) is 1.36. The highest BCUT2D eigenvalue weighted by atomic mass is 35.5. The summed E-state index contributed by atoms with van der Waals surface area (Å²) >= 11 is 5.83. The fraction of sp³-hybridized carbons (Fsp3) is 0.143. The molecule has 0 aliphatic heterocycles. The quantitative estimate of drug-likeness (QED) is 0.668. The molecule has 4 nitrogen and oxygen atoms in total. The number of rotatable bonds is 0. The predicted molar refractivity (Wildman–Crippen MR) is 47.1 cm³/mol. The number of aryl methyl sites for hydroxylation is 1. The maximum absolute atomic E-state index is 5.83. The molecule has 0 saturated heterocycles. The van der Waals surface area contributed by atoms with Gasteiger partial charge >= 0.3 is 0 Å². The van der Waals surface area contributed by atoms with Crippen molar-refractivity contribution in [3.63, 3.8) is 0 Å². The van der Waals surface area contributed by atoms with E-state index in [4.69, 9.17) is 17.3 Å². The molecule has 0 bridgehead atoms. The summed E-state index contributed by atoms with van der Waals surface area (Å²) in [5.74, 6) is 0.567. The molecule has 0 radical (unpaired) electrons. The SMILES string of the molecule is Cc1cn2c(N)cnc2c(Cl)n1. The molecule has 0 aromatic carbocycles. The van der Waals surface area contributed by atoms with Crippen LogP contribution in [0.4, 0.5) is 5.82 Å². The van der Waals surface area contributed by atoms with Crippen molar-refractivity contribution >= 4 is 23.1 Å². The highest BCUT2D eigenvalue weighted by molar-refractivity contribution is 6.32. The van der Waals surface area contributed by atoms with E-state index in [1.807, 2.05) is 6.92 Å². The number of nitrogen functional groups attached to an aromatic ring is 1. The van der Waals surface area contributed by atoms with Crippen molar-refractivity contribution in [3.05, 3.63) is 23.2 Å². The summed E-state index contributed by atoms with van der Waals surface area (Å²) < 4.78 is 1.71. The molecule has 0 fully saturated rings. The van der Waals surface area contributed by atoms with Crippen LogP contribution < -0.4 is 5.73 Å². The summed E-state index contributed by atoms with van der Waals surface area (Å²) in [6, 6.07) is 0. The third-order valence-corrected chi connectivity index (χ3v) is 1.85. The van der Waals surface area contributed by atoms with Crippen LogP contribution in [0.2, 0.25) is 5.15 Å². The molecule has 62 valence electrons. The van der Waals surface area contributed by atoms with Crippen molar-refractivity contribution < 1.29 is 0 Å². The van der Waals surface area contributed by atoms with E-state index in [2.05, 4.69) is 9.97 Å². The lowest BCUT2D eigenvalue weighted by Gasteiger charge is -1.98. The van der Waals surface area contributed by atoms with Gasteiger partial charge in [0.05, 0.1) is 11.9 Å². The van der Waals surface area contributed by atoms with Crippen LogP contribution in [0.1, 0.15) is 5.69 Å². The second-order valence-corrected chi connectivity index (χ2v) is 2.91. The third kappa shape index (κ3) is 0.921. The Morgan fingerprint density at radius 2 is 2.33 bits per heavy atom. The number of hydrogen-bond donors (Lipinski definition) is 1. The van der Waals surface area contributed by atoms with E-state index in [0.29, 0.717) is 16.6 Å². The summed E-state index contributed by atoms with van der Waals surface area (Å²) in [6.07, 6.45) is 3.35. The Morgan fingerprint density at radius 1 is 1.58 bits per heavy atom. The normalized spacial score (nSPS) is 10.8. The lowest BCUT2D eigenvalue weighted by molar-refractivity contribution is 1.08. The van der Waals surface area contributed by atoms with Crippen molar-refractivity contribution in [2.75, 3.05) is 5.73 Å². The van der Waals surface area contributed by atoms with Crippen molar-refractivity contribution in [1.29, 1.82) is 0 Å². The van der Waals surface area contributed by atoms with Gasteiger partial charge < -0.3 is 5.73 Å². The van der Waals surface area contributed by atoms with E-state index in [1.54, 1.807) is 16.8 Å². The molecule has 12 heavy (non-hydrogen) atoms. The molecule has 0 aliphatic rings. The number of nitrogens with two attached hydrogens (primary N) is 1. The third-order valence-electron chi connectivity index (χ3n) is 1.60. The first-order chi connectivity index (χ1) is 5.68. The van der Waals surface area contributed by atoms with Gasteiger partial charge in [0, 0.05) is 6.20 Å². The van der Waals surface area contributed by atoms with Crippen LogP contribution in [0, 0.1) is 6.92 Å². The Hall–Kier alpha value is -1.29. The zero-order chi connectivity index (χ0) is 8.72.